The summed E-state index contributed by atoms with van der Waals surface area (Å²) in [7, 11) is 0. The molecule has 0 bridgehead atoms. The van der Waals surface area contributed by atoms with Crippen molar-refractivity contribution in [1.82, 2.24) is 4.73 Å². The molecule has 1 aromatic heterocycles. The lowest BCUT2D eigenvalue weighted by atomic mass is 10.1. The molecule has 0 atom stereocenters. The summed E-state index contributed by atoms with van der Waals surface area (Å²) in [4.78, 5) is 16.7. The van der Waals surface area contributed by atoms with E-state index in [0.29, 0.717) is 16.8 Å². The van der Waals surface area contributed by atoms with Crippen molar-refractivity contribution in [3.05, 3.63) is 60.2 Å². The topological polar surface area (TPSA) is 55.0 Å². The molecule has 4 nitrogen and oxygen atoms in total. The van der Waals surface area contributed by atoms with Crippen LogP contribution in [0.15, 0.2) is 54.6 Å². The van der Waals surface area contributed by atoms with Crippen molar-refractivity contribution in [1.29, 1.82) is 5.26 Å². The van der Waals surface area contributed by atoms with Gasteiger partial charge in [-0.25, -0.2) is 4.79 Å². The Morgan fingerprint density at radius 1 is 1.10 bits per heavy atom. The summed E-state index contributed by atoms with van der Waals surface area (Å²) in [6.45, 7) is 1.34. The lowest BCUT2D eigenvalue weighted by molar-refractivity contribution is -0.140. The largest absolute Gasteiger partial charge is 0.336 e. The SMILES string of the molecule is CC(=O)On1c(-c2ccccc2)c(C#N)c2ccccc21. The van der Waals surface area contributed by atoms with Gasteiger partial charge in [0.2, 0.25) is 0 Å². The Morgan fingerprint density at radius 2 is 1.76 bits per heavy atom. The number of aromatic nitrogens is 1. The second kappa shape index (κ2) is 5.14. The number of rotatable bonds is 2. The van der Waals surface area contributed by atoms with E-state index in [2.05, 4.69) is 6.07 Å². The van der Waals surface area contributed by atoms with Gasteiger partial charge in [-0.3, -0.25) is 0 Å². The number of hydrogen-bond acceptors (Lipinski definition) is 3. The minimum absolute atomic E-state index is 0.433. The molecule has 0 saturated carbocycles. The summed E-state index contributed by atoms with van der Waals surface area (Å²) in [5.74, 6) is -0.433. The van der Waals surface area contributed by atoms with Gasteiger partial charge >= 0.3 is 5.97 Å². The second-order valence-corrected chi connectivity index (χ2v) is 4.60. The summed E-state index contributed by atoms with van der Waals surface area (Å²) in [5, 5.41) is 10.3. The number of fused-ring (bicyclic) bond motifs is 1. The van der Waals surface area contributed by atoms with Crippen LogP contribution in [0.4, 0.5) is 0 Å². The Kier molecular flexibility index (Phi) is 3.17. The average molecular weight is 276 g/mol. The molecule has 0 radical (unpaired) electrons. The smallest absolute Gasteiger partial charge is 0.329 e. The van der Waals surface area contributed by atoms with Crippen LogP contribution in [0.3, 0.4) is 0 Å². The van der Waals surface area contributed by atoms with Crippen molar-refractivity contribution in [3.63, 3.8) is 0 Å². The van der Waals surface area contributed by atoms with Gasteiger partial charge in [0, 0.05) is 17.9 Å². The number of para-hydroxylation sites is 1. The van der Waals surface area contributed by atoms with E-state index >= 15 is 0 Å². The highest BCUT2D eigenvalue weighted by atomic mass is 16.7. The molecule has 0 unspecified atom stereocenters. The third kappa shape index (κ3) is 2.15. The third-order valence-corrected chi connectivity index (χ3v) is 3.21. The third-order valence-electron chi connectivity index (χ3n) is 3.21. The normalized spacial score (nSPS) is 10.3. The summed E-state index contributed by atoms with van der Waals surface area (Å²) in [6, 6.07) is 19.0. The van der Waals surface area contributed by atoms with E-state index < -0.39 is 5.97 Å². The highest BCUT2D eigenvalue weighted by Crippen LogP contribution is 2.32. The number of carbonyl (C=O) groups is 1. The standard InChI is InChI=1S/C17H12N2O2/c1-12(20)21-19-16-10-6-5-9-14(16)15(11-18)17(19)13-7-3-2-4-8-13/h2-10H,1H3. The number of carbonyl (C=O) groups excluding carboxylic acids is 1. The van der Waals surface area contributed by atoms with E-state index in [1.54, 1.807) is 0 Å². The van der Waals surface area contributed by atoms with Crippen molar-refractivity contribution in [2.45, 2.75) is 6.92 Å². The summed E-state index contributed by atoms with van der Waals surface area (Å²) < 4.78 is 1.44. The van der Waals surface area contributed by atoms with Gasteiger partial charge in [0.25, 0.3) is 0 Å². The van der Waals surface area contributed by atoms with Crippen molar-refractivity contribution in [2.75, 3.05) is 0 Å². The van der Waals surface area contributed by atoms with Crippen LogP contribution in [-0.4, -0.2) is 10.7 Å². The first-order valence-corrected chi connectivity index (χ1v) is 6.50. The van der Waals surface area contributed by atoms with Crippen molar-refractivity contribution < 1.29 is 9.63 Å². The maximum Gasteiger partial charge on any atom is 0.329 e. The van der Waals surface area contributed by atoms with Gasteiger partial charge in [0.05, 0.1) is 11.1 Å². The molecule has 21 heavy (non-hydrogen) atoms. The van der Waals surface area contributed by atoms with Crippen molar-refractivity contribution >= 4 is 16.9 Å². The minimum atomic E-state index is -0.433. The Morgan fingerprint density at radius 3 is 2.43 bits per heavy atom. The molecule has 2 aromatic carbocycles. The van der Waals surface area contributed by atoms with Crippen molar-refractivity contribution in [3.8, 4) is 17.3 Å². The van der Waals surface area contributed by atoms with E-state index in [0.717, 1.165) is 10.9 Å². The molecule has 0 aliphatic heterocycles. The van der Waals surface area contributed by atoms with Gasteiger partial charge in [0.15, 0.2) is 0 Å². The maximum atomic E-state index is 11.4. The van der Waals surface area contributed by atoms with Crippen LogP contribution in [-0.2, 0) is 4.79 Å². The molecule has 0 saturated heterocycles. The van der Waals surface area contributed by atoms with Gasteiger partial charge < -0.3 is 4.84 Å². The average Bonchev–Trinajstić information content (AvgIpc) is 2.81. The van der Waals surface area contributed by atoms with Crippen LogP contribution in [0.5, 0.6) is 0 Å². The Labute approximate surface area is 121 Å². The zero-order valence-electron chi connectivity index (χ0n) is 11.4. The predicted octanol–water partition coefficient (Wildman–Crippen LogP) is 3.16. The molecule has 0 spiro atoms. The highest BCUT2D eigenvalue weighted by Gasteiger charge is 2.20. The van der Waals surface area contributed by atoms with Crippen molar-refractivity contribution in [2.24, 2.45) is 0 Å². The zero-order chi connectivity index (χ0) is 14.8. The highest BCUT2D eigenvalue weighted by molar-refractivity contribution is 5.94. The Balaban J connectivity index is 2.41. The quantitative estimate of drug-likeness (QED) is 0.722. The molecule has 0 aliphatic rings. The van der Waals surface area contributed by atoms with Gasteiger partial charge in [-0.05, 0) is 6.07 Å². The second-order valence-electron chi connectivity index (χ2n) is 4.60. The molecular weight excluding hydrogens is 264 g/mol. The minimum Gasteiger partial charge on any atom is -0.336 e. The molecular formula is C17H12N2O2. The molecule has 4 heteroatoms. The Hall–Kier alpha value is -3.06. The molecule has 0 N–H and O–H groups in total. The number of benzene rings is 2. The first-order chi connectivity index (χ1) is 10.2. The fourth-order valence-electron chi connectivity index (χ4n) is 2.41. The first-order valence-electron chi connectivity index (χ1n) is 6.50. The van der Waals surface area contributed by atoms with E-state index in [4.69, 9.17) is 4.84 Å². The van der Waals surface area contributed by atoms with Gasteiger partial charge in [0.1, 0.15) is 11.8 Å². The van der Waals surface area contributed by atoms with E-state index in [-0.39, 0.29) is 0 Å². The van der Waals surface area contributed by atoms with Gasteiger partial charge in [-0.1, -0.05) is 48.5 Å². The summed E-state index contributed by atoms with van der Waals surface area (Å²) in [5.41, 5.74) is 2.61. The predicted molar refractivity (Wildman–Crippen MR) is 79.4 cm³/mol. The molecule has 1 heterocycles. The van der Waals surface area contributed by atoms with Gasteiger partial charge in [-0.2, -0.15) is 9.99 Å². The van der Waals surface area contributed by atoms with Crippen LogP contribution in [0.1, 0.15) is 12.5 Å². The first kappa shape index (κ1) is 12.9. The van der Waals surface area contributed by atoms with E-state index in [9.17, 15) is 10.1 Å². The van der Waals surface area contributed by atoms with Gasteiger partial charge in [-0.15, -0.1) is 0 Å². The summed E-state index contributed by atoms with van der Waals surface area (Å²) >= 11 is 0. The molecule has 0 aliphatic carbocycles. The van der Waals surface area contributed by atoms with Crippen LogP contribution in [0.25, 0.3) is 22.2 Å². The molecule has 102 valence electrons. The lowest BCUT2D eigenvalue weighted by Crippen LogP contribution is -2.17. The molecule has 0 fully saturated rings. The number of nitrogens with zero attached hydrogens (tertiary/aromatic N) is 2. The molecule has 3 aromatic rings. The van der Waals surface area contributed by atoms with E-state index in [1.165, 1.54) is 11.7 Å². The molecule has 0 amide bonds. The molecule has 3 rings (SSSR count). The number of hydrogen-bond donors (Lipinski definition) is 0. The fraction of sp³-hybridized carbons (Fsp3) is 0.0588. The zero-order valence-corrected chi connectivity index (χ0v) is 11.4. The van der Waals surface area contributed by atoms with Crippen LogP contribution < -0.4 is 4.84 Å². The Bertz CT molecular complexity index is 858. The lowest BCUT2D eigenvalue weighted by Gasteiger charge is -2.09. The maximum absolute atomic E-state index is 11.4. The number of nitriles is 1. The van der Waals surface area contributed by atoms with E-state index in [1.807, 2.05) is 54.6 Å². The van der Waals surface area contributed by atoms with Crippen LogP contribution >= 0.6 is 0 Å². The fourth-order valence-corrected chi connectivity index (χ4v) is 2.41. The van der Waals surface area contributed by atoms with Crippen LogP contribution in [0.2, 0.25) is 0 Å². The summed E-state index contributed by atoms with van der Waals surface area (Å²) in [6.07, 6.45) is 0. The van der Waals surface area contributed by atoms with Crippen LogP contribution in [0, 0.1) is 11.3 Å². The monoisotopic (exact) mass is 276 g/mol.